The van der Waals surface area contributed by atoms with E-state index in [-0.39, 0.29) is 0 Å². The summed E-state index contributed by atoms with van der Waals surface area (Å²) in [5.74, 6) is 0.930. The zero-order chi connectivity index (χ0) is 9.36. The molecule has 1 aromatic heterocycles. The third kappa shape index (κ3) is 4.51. The molecule has 1 rings (SSSR count). The van der Waals surface area contributed by atoms with Crippen LogP contribution in [0.4, 0.5) is 5.82 Å². The van der Waals surface area contributed by atoms with Crippen molar-refractivity contribution in [1.29, 1.82) is 0 Å². The molecular formula is C11H17N2. The molecule has 0 atom stereocenters. The van der Waals surface area contributed by atoms with Crippen molar-refractivity contribution in [2.75, 3.05) is 11.9 Å². The van der Waals surface area contributed by atoms with Gasteiger partial charge in [-0.3, -0.25) is 0 Å². The highest BCUT2D eigenvalue weighted by Gasteiger charge is 1.90. The fourth-order valence-electron chi connectivity index (χ4n) is 1.19. The van der Waals surface area contributed by atoms with Gasteiger partial charge in [-0.05, 0) is 24.6 Å². The SMILES string of the molecule is CCCCCCNc1c[c]ccn1. The molecule has 0 aliphatic rings. The van der Waals surface area contributed by atoms with Crippen molar-refractivity contribution in [3.63, 3.8) is 0 Å². The second kappa shape index (κ2) is 6.46. The van der Waals surface area contributed by atoms with E-state index in [4.69, 9.17) is 0 Å². The van der Waals surface area contributed by atoms with E-state index >= 15 is 0 Å². The molecule has 0 aliphatic carbocycles. The van der Waals surface area contributed by atoms with E-state index in [9.17, 15) is 0 Å². The van der Waals surface area contributed by atoms with Gasteiger partial charge < -0.3 is 5.32 Å². The highest BCUT2D eigenvalue weighted by molar-refractivity contribution is 5.32. The molecule has 2 heteroatoms. The molecule has 0 amide bonds. The Labute approximate surface area is 80.4 Å². The van der Waals surface area contributed by atoms with Crippen LogP contribution in [0.1, 0.15) is 32.6 Å². The van der Waals surface area contributed by atoms with E-state index in [1.807, 2.05) is 12.1 Å². The molecule has 1 radical (unpaired) electrons. The van der Waals surface area contributed by atoms with Crippen molar-refractivity contribution in [1.82, 2.24) is 4.98 Å². The molecule has 0 saturated carbocycles. The van der Waals surface area contributed by atoms with Gasteiger partial charge in [0.15, 0.2) is 0 Å². The summed E-state index contributed by atoms with van der Waals surface area (Å²) in [5.41, 5.74) is 0. The Morgan fingerprint density at radius 3 is 3.00 bits per heavy atom. The topological polar surface area (TPSA) is 24.9 Å². The Morgan fingerprint density at radius 1 is 1.38 bits per heavy atom. The molecule has 0 bridgehead atoms. The number of unbranched alkanes of at least 4 members (excludes halogenated alkanes) is 3. The number of nitrogens with one attached hydrogen (secondary N) is 1. The van der Waals surface area contributed by atoms with E-state index in [0.29, 0.717) is 0 Å². The molecule has 71 valence electrons. The molecule has 0 saturated heterocycles. The van der Waals surface area contributed by atoms with Crippen LogP contribution in [0.15, 0.2) is 18.3 Å². The minimum absolute atomic E-state index is 0.930. The number of anilines is 1. The van der Waals surface area contributed by atoms with Crippen LogP contribution in [0.5, 0.6) is 0 Å². The molecular weight excluding hydrogens is 160 g/mol. The summed E-state index contributed by atoms with van der Waals surface area (Å²) in [6, 6.07) is 6.67. The van der Waals surface area contributed by atoms with Crippen LogP contribution in [0, 0.1) is 6.07 Å². The molecule has 13 heavy (non-hydrogen) atoms. The Kier molecular flexibility index (Phi) is 4.99. The molecule has 0 aliphatic heterocycles. The number of pyridine rings is 1. The maximum absolute atomic E-state index is 4.15. The van der Waals surface area contributed by atoms with Crippen LogP contribution in [-0.2, 0) is 0 Å². The predicted octanol–water partition coefficient (Wildman–Crippen LogP) is 2.87. The van der Waals surface area contributed by atoms with E-state index in [1.165, 1.54) is 25.7 Å². The third-order valence-electron chi connectivity index (χ3n) is 1.94. The van der Waals surface area contributed by atoms with Gasteiger partial charge in [-0.2, -0.15) is 0 Å². The van der Waals surface area contributed by atoms with Crippen molar-refractivity contribution in [3.05, 3.63) is 24.4 Å². The van der Waals surface area contributed by atoms with Crippen molar-refractivity contribution >= 4 is 5.82 Å². The highest BCUT2D eigenvalue weighted by Crippen LogP contribution is 2.02. The molecule has 0 unspecified atom stereocenters. The third-order valence-corrected chi connectivity index (χ3v) is 1.94. The van der Waals surface area contributed by atoms with E-state index in [1.54, 1.807) is 6.20 Å². The van der Waals surface area contributed by atoms with Crippen LogP contribution < -0.4 is 5.32 Å². The van der Waals surface area contributed by atoms with Gasteiger partial charge in [0.1, 0.15) is 5.82 Å². The average Bonchev–Trinajstić information content (AvgIpc) is 2.19. The largest absolute Gasteiger partial charge is 0.370 e. The fraction of sp³-hybridized carbons (Fsp3) is 0.545. The first kappa shape index (κ1) is 10.0. The minimum Gasteiger partial charge on any atom is -0.370 e. The standard InChI is InChI=1S/C11H17N2/c1-2-3-4-6-9-12-11-8-5-7-10-13-11/h7-8,10H,2-4,6,9H2,1H3,(H,12,13). The lowest BCUT2D eigenvalue weighted by Crippen LogP contribution is -2.02. The predicted molar refractivity (Wildman–Crippen MR) is 55.7 cm³/mol. The summed E-state index contributed by atoms with van der Waals surface area (Å²) in [7, 11) is 0. The Morgan fingerprint density at radius 2 is 2.31 bits per heavy atom. The van der Waals surface area contributed by atoms with Gasteiger partial charge in [-0.25, -0.2) is 4.98 Å². The minimum atomic E-state index is 0.930. The van der Waals surface area contributed by atoms with E-state index in [2.05, 4.69) is 23.3 Å². The first-order valence-corrected chi connectivity index (χ1v) is 4.99. The fourth-order valence-corrected chi connectivity index (χ4v) is 1.19. The van der Waals surface area contributed by atoms with Gasteiger partial charge in [0, 0.05) is 12.7 Å². The first-order chi connectivity index (χ1) is 6.43. The van der Waals surface area contributed by atoms with Crippen LogP contribution in [0.2, 0.25) is 0 Å². The highest BCUT2D eigenvalue weighted by atomic mass is 15.0. The number of aromatic nitrogens is 1. The maximum atomic E-state index is 4.15. The van der Waals surface area contributed by atoms with Crippen LogP contribution in [-0.4, -0.2) is 11.5 Å². The lowest BCUT2D eigenvalue weighted by molar-refractivity contribution is 0.684. The molecule has 1 heterocycles. The number of rotatable bonds is 6. The van der Waals surface area contributed by atoms with Gasteiger partial charge in [0.05, 0.1) is 0 Å². The van der Waals surface area contributed by atoms with E-state index < -0.39 is 0 Å². The quantitative estimate of drug-likeness (QED) is 0.676. The summed E-state index contributed by atoms with van der Waals surface area (Å²) in [5, 5.41) is 3.26. The summed E-state index contributed by atoms with van der Waals surface area (Å²) in [6.45, 7) is 3.24. The maximum Gasteiger partial charge on any atom is 0.126 e. The smallest absolute Gasteiger partial charge is 0.126 e. The number of nitrogens with zero attached hydrogens (tertiary/aromatic N) is 1. The van der Waals surface area contributed by atoms with Crippen molar-refractivity contribution in [2.45, 2.75) is 32.6 Å². The summed E-state index contributed by atoms with van der Waals surface area (Å²) in [6.07, 6.45) is 6.91. The second-order valence-corrected chi connectivity index (χ2v) is 3.13. The summed E-state index contributed by atoms with van der Waals surface area (Å²) in [4.78, 5) is 4.15. The summed E-state index contributed by atoms with van der Waals surface area (Å²) >= 11 is 0. The zero-order valence-corrected chi connectivity index (χ0v) is 8.21. The van der Waals surface area contributed by atoms with Crippen molar-refractivity contribution in [3.8, 4) is 0 Å². The molecule has 1 aromatic rings. The number of hydrogen-bond acceptors (Lipinski definition) is 2. The first-order valence-electron chi connectivity index (χ1n) is 4.99. The Bertz CT molecular complexity index is 209. The second-order valence-electron chi connectivity index (χ2n) is 3.13. The molecule has 1 N–H and O–H groups in total. The van der Waals surface area contributed by atoms with Crippen molar-refractivity contribution < 1.29 is 0 Å². The Balaban J connectivity index is 2.07. The number of hydrogen-bond donors (Lipinski definition) is 1. The average molecular weight is 177 g/mol. The van der Waals surface area contributed by atoms with Gasteiger partial charge in [-0.15, -0.1) is 0 Å². The van der Waals surface area contributed by atoms with Gasteiger partial charge in [0.25, 0.3) is 0 Å². The zero-order valence-electron chi connectivity index (χ0n) is 8.21. The Hall–Kier alpha value is -1.05. The van der Waals surface area contributed by atoms with E-state index in [0.717, 1.165) is 12.4 Å². The van der Waals surface area contributed by atoms with Gasteiger partial charge >= 0.3 is 0 Å². The van der Waals surface area contributed by atoms with Crippen LogP contribution >= 0.6 is 0 Å². The van der Waals surface area contributed by atoms with Crippen LogP contribution in [0.3, 0.4) is 0 Å². The molecule has 2 nitrogen and oxygen atoms in total. The van der Waals surface area contributed by atoms with Crippen LogP contribution in [0.25, 0.3) is 0 Å². The van der Waals surface area contributed by atoms with Gasteiger partial charge in [0.2, 0.25) is 0 Å². The molecule has 0 aromatic carbocycles. The lowest BCUT2D eigenvalue weighted by Gasteiger charge is -2.03. The molecule has 0 spiro atoms. The monoisotopic (exact) mass is 177 g/mol. The summed E-state index contributed by atoms with van der Waals surface area (Å²) < 4.78 is 0. The van der Waals surface area contributed by atoms with Gasteiger partial charge in [-0.1, -0.05) is 26.2 Å². The normalized spacial score (nSPS) is 9.92. The molecule has 0 fully saturated rings. The lowest BCUT2D eigenvalue weighted by atomic mass is 10.2. The van der Waals surface area contributed by atoms with Crippen molar-refractivity contribution in [2.24, 2.45) is 0 Å².